The Morgan fingerprint density at radius 3 is 1.33 bits per heavy atom. The smallest absolute Gasteiger partial charge is 0.235 e. The molecule has 3 nitrogen and oxygen atoms in total. The summed E-state index contributed by atoms with van der Waals surface area (Å²) < 4.78 is 23.4. The highest BCUT2D eigenvalue weighted by Gasteiger charge is 2.40. The quantitative estimate of drug-likeness (QED) is 0.769. The van der Waals surface area contributed by atoms with Crippen LogP contribution in [0.4, 0.5) is 0 Å². The molecule has 0 aromatic heterocycles. The normalized spacial score (nSPS) is 18.8. The molecule has 1 N–H and O–H groups in total. The molecule has 0 bridgehead atoms. The second kappa shape index (κ2) is 6.49. The van der Waals surface area contributed by atoms with E-state index in [0.717, 1.165) is 12.8 Å². The van der Waals surface area contributed by atoms with Gasteiger partial charge in [-0.15, -0.1) is 0 Å². The summed E-state index contributed by atoms with van der Waals surface area (Å²) in [5, 5.41) is 0. The van der Waals surface area contributed by atoms with Gasteiger partial charge in [0, 0.05) is 12.1 Å². The Bertz CT molecular complexity index is 256. The van der Waals surface area contributed by atoms with Crippen LogP contribution in [-0.2, 0) is 11.3 Å². The molecule has 0 aromatic rings. The van der Waals surface area contributed by atoms with Crippen molar-refractivity contribution in [3.05, 3.63) is 0 Å². The molecule has 3 atom stereocenters. The third-order valence-corrected chi connectivity index (χ3v) is 4.44. The summed E-state index contributed by atoms with van der Waals surface area (Å²) in [6.45, 7) is 17.0. The van der Waals surface area contributed by atoms with E-state index in [1.54, 1.807) is 4.31 Å². The van der Waals surface area contributed by atoms with Gasteiger partial charge >= 0.3 is 0 Å². The van der Waals surface area contributed by atoms with Crippen molar-refractivity contribution in [3.63, 3.8) is 0 Å². The maximum Gasteiger partial charge on any atom is 0.235 e. The first-order valence-corrected chi connectivity index (χ1v) is 7.92. The van der Waals surface area contributed by atoms with Crippen molar-refractivity contribution in [1.82, 2.24) is 4.31 Å². The molecule has 0 aliphatic heterocycles. The lowest BCUT2D eigenvalue weighted by molar-refractivity contribution is 0.0757. The van der Waals surface area contributed by atoms with Gasteiger partial charge in [0.1, 0.15) is 0 Å². The Kier molecular flexibility index (Phi) is 6.51. The van der Waals surface area contributed by atoms with Gasteiger partial charge in [-0.1, -0.05) is 55.4 Å². The van der Waals surface area contributed by atoms with Crippen LogP contribution >= 0.6 is 0 Å². The molecule has 0 amide bonds. The fourth-order valence-electron chi connectivity index (χ4n) is 2.78. The van der Waals surface area contributed by atoms with Gasteiger partial charge in [-0.25, -0.2) is 4.21 Å². The highest BCUT2D eigenvalue weighted by molar-refractivity contribution is 7.76. The van der Waals surface area contributed by atoms with E-state index < -0.39 is 11.3 Å². The number of rotatable bonds is 5. The van der Waals surface area contributed by atoms with Gasteiger partial charge in [-0.2, -0.15) is 4.31 Å². The molecule has 0 rings (SSSR count). The number of hydrogen-bond acceptors (Lipinski definition) is 1. The fraction of sp³-hybridized carbons (Fsp3) is 1.00. The lowest BCUT2D eigenvalue weighted by Crippen LogP contribution is -2.53. The van der Waals surface area contributed by atoms with E-state index in [1.165, 1.54) is 0 Å². The van der Waals surface area contributed by atoms with Crippen molar-refractivity contribution in [3.8, 4) is 0 Å². The summed E-state index contributed by atoms with van der Waals surface area (Å²) in [5.41, 5.74) is -0.0162. The Labute approximate surface area is 116 Å². The minimum atomic E-state index is -1.92. The molecule has 18 heavy (non-hydrogen) atoms. The SMILES string of the molecule is CCC(N(C(CC)C(C)(C)C)S(=O)O)C(C)(C)C. The average molecular weight is 277 g/mol. The molecular formula is C14H31NO2S. The standard InChI is InChI=1S/C14H31NO2S/c1-9-11(13(3,4)5)15(18(16)17)12(10-2)14(6,7)8/h11-12H,9-10H2,1-8H3,(H,16,17). The van der Waals surface area contributed by atoms with Crippen molar-refractivity contribution in [2.45, 2.75) is 80.3 Å². The van der Waals surface area contributed by atoms with Gasteiger partial charge in [0.05, 0.1) is 0 Å². The molecule has 0 fully saturated rings. The van der Waals surface area contributed by atoms with Crippen LogP contribution in [0.5, 0.6) is 0 Å². The van der Waals surface area contributed by atoms with Crippen LogP contribution in [0.2, 0.25) is 0 Å². The molecule has 3 unspecified atom stereocenters. The van der Waals surface area contributed by atoms with Gasteiger partial charge in [0.15, 0.2) is 0 Å². The summed E-state index contributed by atoms with van der Waals surface area (Å²) in [6, 6.07) is 0.208. The second-order valence-electron chi connectivity index (χ2n) is 7.17. The van der Waals surface area contributed by atoms with E-state index in [-0.39, 0.29) is 22.9 Å². The van der Waals surface area contributed by atoms with Gasteiger partial charge < -0.3 is 0 Å². The average Bonchev–Trinajstić information content (AvgIpc) is 2.13. The van der Waals surface area contributed by atoms with Crippen molar-refractivity contribution in [2.24, 2.45) is 10.8 Å². The van der Waals surface area contributed by atoms with Gasteiger partial charge in [-0.05, 0) is 23.7 Å². The second-order valence-corrected chi connectivity index (χ2v) is 8.05. The van der Waals surface area contributed by atoms with Crippen LogP contribution in [0.3, 0.4) is 0 Å². The van der Waals surface area contributed by atoms with Crippen LogP contribution in [0.15, 0.2) is 0 Å². The molecule has 0 saturated heterocycles. The molecular weight excluding hydrogens is 246 g/mol. The summed E-state index contributed by atoms with van der Waals surface area (Å²) in [6.07, 6.45) is 1.75. The highest BCUT2D eigenvalue weighted by Crippen LogP contribution is 2.35. The third kappa shape index (κ3) is 4.63. The molecule has 0 aliphatic rings. The van der Waals surface area contributed by atoms with Crippen molar-refractivity contribution < 1.29 is 8.76 Å². The first-order valence-electron chi connectivity index (χ1n) is 6.86. The third-order valence-electron chi connectivity index (χ3n) is 3.57. The minimum absolute atomic E-state index is 0.00812. The topological polar surface area (TPSA) is 40.5 Å². The van der Waals surface area contributed by atoms with E-state index in [4.69, 9.17) is 0 Å². The molecule has 0 aliphatic carbocycles. The molecule has 0 saturated carbocycles. The highest BCUT2D eigenvalue weighted by atomic mass is 32.2. The van der Waals surface area contributed by atoms with E-state index in [2.05, 4.69) is 55.4 Å². The van der Waals surface area contributed by atoms with Crippen LogP contribution in [0.1, 0.15) is 68.2 Å². The Hall–Kier alpha value is 0.0700. The molecule has 0 aromatic carbocycles. The fourth-order valence-corrected chi connectivity index (χ4v) is 4.15. The van der Waals surface area contributed by atoms with Crippen LogP contribution in [0, 0.1) is 10.8 Å². The number of hydrogen-bond donors (Lipinski definition) is 1. The maximum absolute atomic E-state index is 11.8. The predicted molar refractivity (Wildman–Crippen MR) is 79.7 cm³/mol. The zero-order valence-electron chi connectivity index (χ0n) is 13.3. The molecule has 0 heterocycles. The van der Waals surface area contributed by atoms with Crippen molar-refractivity contribution in [2.75, 3.05) is 0 Å². The van der Waals surface area contributed by atoms with E-state index >= 15 is 0 Å². The predicted octanol–water partition coefficient (Wildman–Crippen LogP) is 4.07. The first kappa shape index (κ1) is 18.1. The first-order chi connectivity index (χ1) is 7.96. The van der Waals surface area contributed by atoms with E-state index in [9.17, 15) is 8.76 Å². The van der Waals surface area contributed by atoms with E-state index in [1.807, 2.05) is 0 Å². The summed E-state index contributed by atoms with van der Waals surface area (Å²) in [4.78, 5) is 0. The molecule has 0 spiro atoms. The van der Waals surface area contributed by atoms with Gasteiger partial charge in [-0.3, -0.25) is 4.55 Å². The zero-order valence-corrected chi connectivity index (χ0v) is 14.1. The van der Waals surface area contributed by atoms with Crippen molar-refractivity contribution in [1.29, 1.82) is 0 Å². The van der Waals surface area contributed by atoms with E-state index in [0.29, 0.717) is 0 Å². The van der Waals surface area contributed by atoms with Crippen LogP contribution in [0.25, 0.3) is 0 Å². The molecule has 110 valence electrons. The van der Waals surface area contributed by atoms with Gasteiger partial charge in [0.2, 0.25) is 11.3 Å². The Morgan fingerprint density at radius 1 is 0.944 bits per heavy atom. The lowest BCUT2D eigenvalue weighted by atomic mass is 9.80. The summed E-state index contributed by atoms with van der Waals surface area (Å²) >= 11 is -1.92. The largest absolute Gasteiger partial charge is 0.294 e. The monoisotopic (exact) mass is 277 g/mol. The zero-order chi connectivity index (χ0) is 14.7. The maximum atomic E-state index is 11.8. The van der Waals surface area contributed by atoms with Crippen LogP contribution in [-0.4, -0.2) is 25.2 Å². The van der Waals surface area contributed by atoms with Crippen LogP contribution < -0.4 is 0 Å². The minimum Gasteiger partial charge on any atom is -0.294 e. The number of nitrogens with zero attached hydrogens (tertiary/aromatic N) is 1. The Balaban J connectivity index is 5.48. The molecule has 4 heteroatoms. The molecule has 0 radical (unpaired) electrons. The Morgan fingerprint density at radius 2 is 1.22 bits per heavy atom. The van der Waals surface area contributed by atoms with Crippen molar-refractivity contribution >= 4 is 11.3 Å². The summed E-state index contributed by atoms with van der Waals surface area (Å²) in [5.74, 6) is 0. The van der Waals surface area contributed by atoms with Gasteiger partial charge in [0.25, 0.3) is 0 Å². The summed E-state index contributed by atoms with van der Waals surface area (Å²) in [7, 11) is 0. The lowest BCUT2D eigenvalue weighted by Gasteiger charge is -2.45.